The van der Waals surface area contributed by atoms with E-state index in [0.717, 1.165) is 28.0 Å². The predicted octanol–water partition coefficient (Wildman–Crippen LogP) is 6.03. The average molecular weight is 508 g/mol. The van der Waals surface area contributed by atoms with Crippen molar-refractivity contribution in [1.82, 2.24) is 0 Å². The lowest BCUT2D eigenvalue weighted by Crippen LogP contribution is -2.14. The maximum Gasteiger partial charge on any atom is 0.266 e. The van der Waals surface area contributed by atoms with Crippen molar-refractivity contribution in [3.05, 3.63) is 98.1 Å². The fraction of sp³-hybridized carbons (Fsp3) is 0.120. The number of nitrogens with one attached hydrogen (secondary N) is 1. The minimum atomic E-state index is -0.426. The first-order chi connectivity index (χ1) is 14.4. The van der Waals surface area contributed by atoms with Gasteiger partial charge in [0.05, 0.1) is 0 Å². The van der Waals surface area contributed by atoms with E-state index in [9.17, 15) is 10.1 Å². The van der Waals surface area contributed by atoms with Crippen molar-refractivity contribution >= 4 is 40.3 Å². The van der Waals surface area contributed by atoms with Crippen LogP contribution in [0.15, 0.2) is 72.3 Å². The first-order valence-corrected chi connectivity index (χ1v) is 10.5. The van der Waals surface area contributed by atoms with Gasteiger partial charge in [0.2, 0.25) is 0 Å². The number of rotatable bonds is 6. The number of carbonyl (C=O) groups is 1. The summed E-state index contributed by atoms with van der Waals surface area (Å²) in [4.78, 5) is 12.5. The highest BCUT2D eigenvalue weighted by atomic mass is 127. The minimum Gasteiger partial charge on any atom is -0.489 e. The highest BCUT2D eigenvalue weighted by molar-refractivity contribution is 14.1. The van der Waals surface area contributed by atoms with Crippen molar-refractivity contribution in [3.63, 3.8) is 0 Å². The van der Waals surface area contributed by atoms with Crippen LogP contribution in [0.25, 0.3) is 6.08 Å². The number of nitriles is 1. The largest absolute Gasteiger partial charge is 0.489 e. The molecular weight excluding hydrogens is 487 g/mol. The van der Waals surface area contributed by atoms with E-state index in [0.29, 0.717) is 12.3 Å². The summed E-state index contributed by atoms with van der Waals surface area (Å²) < 4.78 is 6.98. The molecule has 150 valence electrons. The standard InChI is InChI=1S/C25H21IN2O2/c1-17-3-4-18(2)24(13-17)28-25(29)21(15-27)14-19-7-11-23(12-8-19)30-16-20-5-9-22(26)10-6-20/h3-14H,16H2,1-2H3,(H,28,29)/b21-14+. The van der Waals surface area contributed by atoms with Gasteiger partial charge < -0.3 is 10.1 Å². The molecule has 1 amide bonds. The van der Waals surface area contributed by atoms with Crippen LogP contribution in [-0.4, -0.2) is 5.91 Å². The van der Waals surface area contributed by atoms with Crippen LogP contribution < -0.4 is 10.1 Å². The summed E-state index contributed by atoms with van der Waals surface area (Å²) in [5, 5.41) is 12.3. The van der Waals surface area contributed by atoms with Crippen molar-refractivity contribution in [2.75, 3.05) is 5.32 Å². The number of amides is 1. The third kappa shape index (κ3) is 5.94. The Hall–Kier alpha value is -3.11. The smallest absolute Gasteiger partial charge is 0.266 e. The topological polar surface area (TPSA) is 62.1 Å². The van der Waals surface area contributed by atoms with Crippen LogP contribution in [0.2, 0.25) is 0 Å². The third-order valence-corrected chi connectivity index (χ3v) is 5.24. The molecule has 0 spiro atoms. The average Bonchev–Trinajstić information content (AvgIpc) is 2.75. The fourth-order valence-corrected chi connectivity index (χ4v) is 3.14. The van der Waals surface area contributed by atoms with E-state index >= 15 is 0 Å². The summed E-state index contributed by atoms with van der Waals surface area (Å²) in [5.41, 5.74) is 4.59. The number of anilines is 1. The zero-order valence-corrected chi connectivity index (χ0v) is 18.9. The van der Waals surface area contributed by atoms with Crippen molar-refractivity contribution in [2.45, 2.75) is 20.5 Å². The first-order valence-electron chi connectivity index (χ1n) is 9.42. The first kappa shape index (κ1) is 21.6. The monoisotopic (exact) mass is 508 g/mol. The summed E-state index contributed by atoms with van der Waals surface area (Å²) >= 11 is 2.27. The van der Waals surface area contributed by atoms with Gasteiger partial charge in [0.1, 0.15) is 24.0 Å². The molecule has 0 unspecified atom stereocenters. The van der Waals surface area contributed by atoms with E-state index in [-0.39, 0.29) is 5.57 Å². The maximum absolute atomic E-state index is 12.5. The van der Waals surface area contributed by atoms with Gasteiger partial charge >= 0.3 is 0 Å². The van der Waals surface area contributed by atoms with E-state index in [1.807, 2.05) is 86.6 Å². The van der Waals surface area contributed by atoms with E-state index in [1.165, 1.54) is 3.57 Å². The van der Waals surface area contributed by atoms with Crippen molar-refractivity contribution in [2.24, 2.45) is 0 Å². The Balaban J connectivity index is 1.66. The van der Waals surface area contributed by atoms with Crippen LogP contribution in [0.4, 0.5) is 5.69 Å². The number of halogens is 1. The molecule has 30 heavy (non-hydrogen) atoms. The van der Waals surface area contributed by atoms with Gasteiger partial charge in [-0.1, -0.05) is 36.4 Å². The van der Waals surface area contributed by atoms with E-state index in [4.69, 9.17) is 4.74 Å². The lowest BCUT2D eigenvalue weighted by atomic mass is 10.1. The normalized spacial score (nSPS) is 10.9. The highest BCUT2D eigenvalue weighted by Gasteiger charge is 2.11. The van der Waals surface area contributed by atoms with Crippen LogP contribution >= 0.6 is 22.6 Å². The van der Waals surface area contributed by atoms with Crippen molar-refractivity contribution in [3.8, 4) is 11.8 Å². The Morgan fingerprint density at radius 1 is 1.07 bits per heavy atom. The summed E-state index contributed by atoms with van der Waals surface area (Å²) in [6.45, 7) is 4.35. The molecule has 0 aliphatic heterocycles. The number of hydrogen-bond acceptors (Lipinski definition) is 3. The molecule has 0 heterocycles. The Morgan fingerprint density at radius 2 is 1.77 bits per heavy atom. The van der Waals surface area contributed by atoms with Gasteiger partial charge in [0, 0.05) is 9.26 Å². The fourth-order valence-electron chi connectivity index (χ4n) is 2.78. The molecule has 0 saturated carbocycles. The molecule has 3 aromatic rings. The van der Waals surface area contributed by atoms with Crippen molar-refractivity contribution < 1.29 is 9.53 Å². The molecule has 5 heteroatoms. The van der Waals surface area contributed by atoms with Crippen molar-refractivity contribution in [1.29, 1.82) is 5.26 Å². The number of hydrogen-bond donors (Lipinski definition) is 1. The molecule has 0 aliphatic rings. The van der Waals surface area contributed by atoms with Gasteiger partial charge in [0.25, 0.3) is 5.91 Å². The van der Waals surface area contributed by atoms with E-state index in [2.05, 4.69) is 27.9 Å². The molecule has 0 atom stereocenters. The zero-order valence-electron chi connectivity index (χ0n) is 16.8. The molecular formula is C25H21IN2O2. The SMILES string of the molecule is Cc1ccc(C)c(NC(=O)/C(C#N)=C/c2ccc(OCc3ccc(I)cc3)cc2)c1. The summed E-state index contributed by atoms with van der Waals surface area (Å²) in [6, 6.07) is 23.3. The minimum absolute atomic E-state index is 0.0449. The summed E-state index contributed by atoms with van der Waals surface area (Å²) in [5.74, 6) is 0.300. The lowest BCUT2D eigenvalue weighted by molar-refractivity contribution is -0.112. The van der Waals surface area contributed by atoms with Gasteiger partial charge in [-0.2, -0.15) is 5.26 Å². The van der Waals surface area contributed by atoms with Crippen LogP contribution in [0.1, 0.15) is 22.3 Å². The van der Waals surface area contributed by atoms with Gasteiger partial charge in [-0.3, -0.25) is 4.79 Å². The number of aryl methyl sites for hydroxylation is 2. The Bertz CT molecular complexity index is 1110. The second-order valence-electron chi connectivity index (χ2n) is 6.93. The lowest BCUT2D eigenvalue weighted by Gasteiger charge is -2.09. The maximum atomic E-state index is 12.5. The Morgan fingerprint density at radius 3 is 2.43 bits per heavy atom. The van der Waals surface area contributed by atoms with Gasteiger partial charge in [0.15, 0.2) is 0 Å². The summed E-state index contributed by atoms with van der Waals surface area (Å²) in [7, 11) is 0. The van der Waals surface area contributed by atoms with Gasteiger partial charge in [-0.25, -0.2) is 0 Å². The second kappa shape index (κ2) is 10.1. The quantitative estimate of drug-likeness (QED) is 0.251. The summed E-state index contributed by atoms with van der Waals surface area (Å²) in [6.07, 6.45) is 1.57. The number of carbonyl (C=O) groups excluding carboxylic acids is 1. The van der Waals surface area contributed by atoms with Crippen LogP contribution in [0, 0.1) is 28.7 Å². The Kier molecular flexibility index (Phi) is 7.26. The molecule has 0 aliphatic carbocycles. The molecule has 4 nitrogen and oxygen atoms in total. The van der Waals surface area contributed by atoms with Crippen LogP contribution in [-0.2, 0) is 11.4 Å². The third-order valence-electron chi connectivity index (χ3n) is 4.52. The highest BCUT2D eigenvalue weighted by Crippen LogP contribution is 2.19. The molecule has 0 fully saturated rings. The van der Waals surface area contributed by atoms with Crippen LogP contribution in [0.3, 0.4) is 0 Å². The van der Waals surface area contributed by atoms with E-state index in [1.54, 1.807) is 6.08 Å². The molecule has 0 aromatic heterocycles. The number of benzene rings is 3. The molecule has 0 radical (unpaired) electrons. The molecule has 0 bridgehead atoms. The van der Waals surface area contributed by atoms with E-state index < -0.39 is 5.91 Å². The zero-order chi connectivity index (χ0) is 21.5. The predicted molar refractivity (Wildman–Crippen MR) is 128 cm³/mol. The van der Waals surface area contributed by atoms with Crippen LogP contribution in [0.5, 0.6) is 5.75 Å². The Labute approximate surface area is 190 Å². The number of ether oxygens (including phenoxy) is 1. The molecule has 0 saturated heterocycles. The van der Waals surface area contributed by atoms with Gasteiger partial charge in [-0.15, -0.1) is 0 Å². The second-order valence-corrected chi connectivity index (χ2v) is 8.17. The molecule has 3 aromatic carbocycles. The molecule has 1 N–H and O–H groups in total. The number of nitrogens with zero attached hydrogens (tertiary/aromatic N) is 1. The van der Waals surface area contributed by atoms with Gasteiger partial charge in [-0.05, 0) is 95.1 Å². The molecule has 3 rings (SSSR count).